The average molecular weight is 234 g/mol. The van der Waals surface area contributed by atoms with E-state index in [9.17, 15) is 5.11 Å². The molecule has 3 nitrogen and oxygen atoms in total. The lowest BCUT2D eigenvalue weighted by atomic mass is 9.87. The van der Waals surface area contributed by atoms with E-state index in [0.29, 0.717) is 18.3 Å². The standard InChI is InChI=1S/C14H22N2O/c1-10-3-6-12(7-4-10)15-9-13-14(17)8-5-11(2)16-13/h5,8,10,12,15,17H,3-4,6-7,9H2,1-2H3. The fourth-order valence-electron chi connectivity index (χ4n) is 2.44. The van der Waals surface area contributed by atoms with Crippen LogP contribution in [0.25, 0.3) is 0 Å². The van der Waals surface area contributed by atoms with Gasteiger partial charge in [0.2, 0.25) is 0 Å². The van der Waals surface area contributed by atoms with Gasteiger partial charge in [0.15, 0.2) is 0 Å². The molecule has 0 aromatic carbocycles. The van der Waals surface area contributed by atoms with Gasteiger partial charge in [-0.25, -0.2) is 0 Å². The van der Waals surface area contributed by atoms with Gasteiger partial charge in [-0.1, -0.05) is 6.92 Å². The highest BCUT2D eigenvalue weighted by molar-refractivity contribution is 5.27. The predicted octanol–water partition coefficient (Wildman–Crippen LogP) is 2.76. The summed E-state index contributed by atoms with van der Waals surface area (Å²) in [5, 5.41) is 13.2. The minimum absolute atomic E-state index is 0.298. The third-order valence-corrected chi connectivity index (χ3v) is 3.66. The first-order chi connectivity index (χ1) is 8.15. The molecule has 0 atom stereocenters. The summed E-state index contributed by atoms with van der Waals surface area (Å²) in [5.41, 5.74) is 1.72. The number of nitrogens with zero attached hydrogens (tertiary/aromatic N) is 1. The Morgan fingerprint density at radius 3 is 2.71 bits per heavy atom. The third kappa shape index (κ3) is 3.43. The van der Waals surface area contributed by atoms with Crippen LogP contribution in [-0.2, 0) is 6.54 Å². The molecule has 1 heterocycles. The average Bonchev–Trinajstić information content (AvgIpc) is 2.32. The molecule has 1 saturated carbocycles. The zero-order chi connectivity index (χ0) is 12.3. The van der Waals surface area contributed by atoms with E-state index in [0.717, 1.165) is 17.3 Å². The molecular weight excluding hydrogens is 212 g/mol. The molecule has 1 aromatic heterocycles. The summed E-state index contributed by atoms with van der Waals surface area (Å²) in [6.45, 7) is 4.95. The van der Waals surface area contributed by atoms with Gasteiger partial charge in [0.25, 0.3) is 0 Å². The van der Waals surface area contributed by atoms with E-state index in [1.54, 1.807) is 6.07 Å². The minimum atomic E-state index is 0.298. The topological polar surface area (TPSA) is 45.1 Å². The predicted molar refractivity (Wildman–Crippen MR) is 68.9 cm³/mol. The van der Waals surface area contributed by atoms with Gasteiger partial charge in [-0.15, -0.1) is 0 Å². The maximum Gasteiger partial charge on any atom is 0.138 e. The summed E-state index contributed by atoms with van der Waals surface area (Å²) in [7, 11) is 0. The molecule has 0 aliphatic heterocycles. The highest BCUT2D eigenvalue weighted by Crippen LogP contribution is 2.24. The van der Waals surface area contributed by atoms with Crippen molar-refractivity contribution in [3.63, 3.8) is 0 Å². The molecule has 3 heteroatoms. The first-order valence-electron chi connectivity index (χ1n) is 6.54. The van der Waals surface area contributed by atoms with E-state index in [4.69, 9.17) is 0 Å². The molecule has 1 aliphatic rings. The van der Waals surface area contributed by atoms with E-state index in [2.05, 4.69) is 17.2 Å². The number of aryl methyl sites for hydroxylation is 1. The van der Waals surface area contributed by atoms with Crippen molar-refractivity contribution in [3.8, 4) is 5.75 Å². The Hall–Kier alpha value is -1.09. The highest BCUT2D eigenvalue weighted by atomic mass is 16.3. The Labute approximate surface area is 103 Å². The number of aromatic hydroxyl groups is 1. The zero-order valence-corrected chi connectivity index (χ0v) is 10.7. The van der Waals surface area contributed by atoms with Crippen LogP contribution >= 0.6 is 0 Å². The second-order valence-corrected chi connectivity index (χ2v) is 5.26. The van der Waals surface area contributed by atoms with Crippen LogP contribution in [0, 0.1) is 12.8 Å². The van der Waals surface area contributed by atoms with Crippen molar-refractivity contribution < 1.29 is 5.11 Å². The number of nitrogens with one attached hydrogen (secondary N) is 1. The molecule has 0 spiro atoms. The maximum absolute atomic E-state index is 9.70. The van der Waals surface area contributed by atoms with Gasteiger partial charge in [0.1, 0.15) is 5.75 Å². The van der Waals surface area contributed by atoms with Crippen LogP contribution in [0.4, 0.5) is 0 Å². The van der Waals surface area contributed by atoms with Gasteiger partial charge in [-0.2, -0.15) is 0 Å². The Morgan fingerprint density at radius 2 is 2.00 bits per heavy atom. The van der Waals surface area contributed by atoms with Crippen molar-refractivity contribution in [3.05, 3.63) is 23.5 Å². The highest BCUT2D eigenvalue weighted by Gasteiger charge is 2.18. The summed E-state index contributed by atoms with van der Waals surface area (Å²) < 4.78 is 0. The van der Waals surface area contributed by atoms with Crippen LogP contribution in [0.5, 0.6) is 5.75 Å². The molecular formula is C14H22N2O. The summed E-state index contributed by atoms with van der Waals surface area (Å²) in [6.07, 6.45) is 5.11. The fraction of sp³-hybridized carbons (Fsp3) is 0.643. The number of rotatable bonds is 3. The summed E-state index contributed by atoms with van der Waals surface area (Å²) >= 11 is 0. The van der Waals surface area contributed by atoms with E-state index in [1.807, 2.05) is 13.0 Å². The summed E-state index contributed by atoms with van der Waals surface area (Å²) in [4.78, 5) is 4.36. The molecule has 0 radical (unpaired) electrons. The monoisotopic (exact) mass is 234 g/mol. The summed E-state index contributed by atoms with van der Waals surface area (Å²) in [6, 6.07) is 4.15. The van der Waals surface area contributed by atoms with Gasteiger partial charge in [-0.3, -0.25) is 4.98 Å². The molecule has 0 unspecified atom stereocenters. The summed E-state index contributed by atoms with van der Waals surface area (Å²) in [5.74, 6) is 1.17. The van der Waals surface area contributed by atoms with Crippen molar-refractivity contribution in [1.82, 2.24) is 10.3 Å². The molecule has 17 heavy (non-hydrogen) atoms. The smallest absolute Gasteiger partial charge is 0.138 e. The third-order valence-electron chi connectivity index (χ3n) is 3.66. The zero-order valence-electron chi connectivity index (χ0n) is 10.7. The molecule has 0 bridgehead atoms. The van der Waals surface area contributed by atoms with Gasteiger partial charge >= 0.3 is 0 Å². The Bertz CT molecular complexity index is 370. The van der Waals surface area contributed by atoms with Crippen LogP contribution < -0.4 is 5.32 Å². The Morgan fingerprint density at radius 1 is 1.29 bits per heavy atom. The number of aromatic nitrogens is 1. The van der Waals surface area contributed by atoms with Crippen LogP contribution in [0.1, 0.15) is 44.0 Å². The quantitative estimate of drug-likeness (QED) is 0.845. The van der Waals surface area contributed by atoms with E-state index < -0.39 is 0 Å². The van der Waals surface area contributed by atoms with Gasteiger partial charge < -0.3 is 10.4 Å². The lowest BCUT2D eigenvalue weighted by molar-refractivity contribution is 0.304. The minimum Gasteiger partial charge on any atom is -0.506 e. The van der Waals surface area contributed by atoms with Gasteiger partial charge in [-0.05, 0) is 50.7 Å². The molecule has 2 N–H and O–H groups in total. The second-order valence-electron chi connectivity index (χ2n) is 5.26. The van der Waals surface area contributed by atoms with Crippen LogP contribution in [0.2, 0.25) is 0 Å². The van der Waals surface area contributed by atoms with Gasteiger partial charge in [0.05, 0.1) is 5.69 Å². The molecule has 0 amide bonds. The molecule has 94 valence electrons. The van der Waals surface area contributed by atoms with E-state index in [-0.39, 0.29) is 0 Å². The van der Waals surface area contributed by atoms with E-state index >= 15 is 0 Å². The maximum atomic E-state index is 9.70. The fourth-order valence-corrected chi connectivity index (χ4v) is 2.44. The molecule has 1 aliphatic carbocycles. The lowest BCUT2D eigenvalue weighted by Crippen LogP contribution is -2.32. The molecule has 1 aromatic rings. The molecule has 2 rings (SSSR count). The second kappa shape index (κ2) is 5.50. The first-order valence-corrected chi connectivity index (χ1v) is 6.54. The van der Waals surface area contributed by atoms with Crippen molar-refractivity contribution in [1.29, 1.82) is 0 Å². The van der Waals surface area contributed by atoms with Crippen molar-refractivity contribution in [2.24, 2.45) is 5.92 Å². The largest absolute Gasteiger partial charge is 0.506 e. The first kappa shape index (κ1) is 12.4. The molecule has 1 fully saturated rings. The SMILES string of the molecule is Cc1ccc(O)c(CNC2CCC(C)CC2)n1. The van der Waals surface area contributed by atoms with Crippen LogP contribution in [0.3, 0.4) is 0 Å². The molecule has 0 saturated heterocycles. The number of hydrogen-bond acceptors (Lipinski definition) is 3. The van der Waals surface area contributed by atoms with Gasteiger partial charge in [0, 0.05) is 18.3 Å². The van der Waals surface area contributed by atoms with Crippen LogP contribution in [0.15, 0.2) is 12.1 Å². The Balaban J connectivity index is 1.87. The van der Waals surface area contributed by atoms with Crippen LogP contribution in [-0.4, -0.2) is 16.1 Å². The van der Waals surface area contributed by atoms with Crippen molar-refractivity contribution >= 4 is 0 Å². The lowest BCUT2D eigenvalue weighted by Gasteiger charge is -2.27. The normalized spacial score (nSPS) is 24.8. The van der Waals surface area contributed by atoms with E-state index in [1.165, 1.54) is 25.7 Å². The Kier molecular flexibility index (Phi) is 4.00. The van der Waals surface area contributed by atoms with Crippen molar-refractivity contribution in [2.75, 3.05) is 0 Å². The number of hydrogen-bond donors (Lipinski definition) is 2. The van der Waals surface area contributed by atoms with Crippen molar-refractivity contribution in [2.45, 2.75) is 52.1 Å². The number of pyridine rings is 1.